The van der Waals surface area contributed by atoms with E-state index in [9.17, 15) is 9.90 Å². The molecule has 0 saturated carbocycles. The molecule has 1 unspecified atom stereocenters. The van der Waals surface area contributed by atoms with Crippen molar-refractivity contribution >= 4 is 11.7 Å². The molecule has 0 amide bonds. The van der Waals surface area contributed by atoms with Crippen molar-refractivity contribution in [1.29, 1.82) is 0 Å². The fraction of sp³-hybridized carbons (Fsp3) is 0.308. The zero-order valence-corrected chi connectivity index (χ0v) is 11.4. The second-order valence-electron chi connectivity index (χ2n) is 4.25. The van der Waals surface area contributed by atoms with Crippen LogP contribution in [0, 0.1) is 0 Å². The van der Waals surface area contributed by atoms with Gasteiger partial charge in [-0.15, -0.1) is 5.10 Å². The van der Waals surface area contributed by atoms with Crippen molar-refractivity contribution in [3.05, 3.63) is 36.2 Å². The van der Waals surface area contributed by atoms with Gasteiger partial charge in [-0.2, -0.15) is 0 Å². The molecule has 2 aromatic rings. The van der Waals surface area contributed by atoms with Gasteiger partial charge in [-0.05, 0) is 12.1 Å². The average Bonchev–Trinajstić information content (AvgIpc) is 2.93. The Balaban J connectivity index is 2.24. The lowest BCUT2D eigenvalue weighted by molar-refractivity contribution is -0.138. The molecule has 0 aliphatic carbocycles. The molecule has 0 aliphatic rings. The van der Waals surface area contributed by atoms with E-state index in [1.807, 2.05) is 0 Å². The third-order valence-electron chi connectivity index (χ3n) is 2.83. The van der Waals surface area contributed by atoms with Crippen LogP contribution in [0.2, 0.25) is 0 Å². The van der Waals surface area contributed by atoms with Crippen LogP contribution < -0.4 is 10.1 Å². The van der Waals surface area contributed by atoms with Gasteiger partial charge >= 0.3 is 5.97 Å². The SMILES string of the molecule is COc1ccccc1NC(C(=O)O)c1cn(CCO)nn1. The standard InChI is InChI=1S/C13H16N4O4/c1-21-11-5-3-2-4-9(11)14-12(13(19)20)10-8-17(6-7-18)16-15-10/h2-5,8,12,14,18H,6-7H2,1H3,(H,19,20). The maximum Gasteiger partial charge on any atom is 0.332 e. The van der Waals surface area contributed by atoms with E-state index in [0.717, 1.165) is 0 Å². The molecule has 21 heavy (non-hydrogen) atoms. The molecular weight excluding hydrogens is 276 g/mol. The Kier molecular flexibility index (Phi) is 4.72. The van der Waals surface area contributed by atoms with E-state index in [1.165, 1.54) is 18.0 Å². The number of carboxylic acids is 1. The fourth-order valence-electron chi connectivity index (χ4n) is 1.84. The summed E-state index contributed by atoms with van der Waals surface area (Å²) in [6.45, 7) is 0.161. The first-order chi connectivity index (χ1) is 10.2. The Bertz CT molecular complexity index is 614. The highest BCUT2D eigenvalue weighted by Crippen LogP contribution is 2.27. The molecule has 3 N–H and O–H groups in total. The molecule has 0 fully saturated rings. The van der Waals surface area contributed by atoms with Gasteiger partial charge in [0.25, 0.3) is 0 Å². The summed E-state index contributed by atoms with van der Waals surface area (Å²) in [5, 5.41) is 28.7. The fourth-order valence-corrected chi connectivity index (χ4v) is 1.84. The van der Waals surface area contributed by atoms with Crippen molar-refractivity contribution in [3.63, 3.8) is 0 Å². The zero-order valence-electron chi connectivity index (χ0n) is 11.4. The van der Waals surface area contributed by atoms with Crippen LogP contribution >= 0.6 is 0 Å². The molecule has 1 aromatic heterocycles. The number of anilines is 1. The van der Waals surface area contributed by atoms with Gasteiger partial charge in [0, 0.05) is 0 Å². The largest absolute Gasteiger partial charge is 0.495 e. The van der Waals surface area contributed by atoms with Crippen molar-refractivity contribution < 1.29 is 19.7 Å². The molecule has 8 heteroatoms. The highest BCUT2D eigenvalue weighted by atomic mass is 16.5. The highest BCUT2D eigenvalue weighted by Gasteiger charge is 2.24. The van der Waals surface area contributed by atoms with E-state index in [2.05, 4.69) is 15.6 Å². The van der Waals surface area contributed by atoms with Crippen LogP contribution in [0.4, 0.5) is 5.69 Å². The van der Waals surface area contributed by atoms with Gasteiger partial charge in [0.05, 0.1) is 32.1 Å². The number of carboxylic acid groups (broad SMARTS) is 1. The monoisotopic (exact) mass is 292 g/mol. The van der Waals surface area contributed by atoms with Crippen molar-refractivity contribution in [2.45, 2.75) is 12.6 Å². The molecule has 0 radical (unpaired) electrons. The summed E-state index contributed by atoms with van der Waals surface area (Å²) in [4.78, 5) is 11.4. The first-order valence-corrected chi connectivity index (χ1v) is 6.29. The van der Waals surface area contributed by atoms with E-state index in [4.69, 9.17) is 9.84 Å². The van der Waals surface area contributed by atoms with Crippen LogP contribution in [-0.2, 0) is 11.3 Å². The maximum atomic E-state index is 11.4. The van der Waals surface area contributed by atoms with Gasteiger partial charge in [0.15, 0.2) is 6.04 Å². The smallest absolute Gasteiger partial charge is 0.332 e. The van der Waals surface area contributed by atoms with Gasteiger partial charge in [0.2, 0.25) is 0 Å². The molecule has 8 nitrogen and oxygen atoms in total. The number of aromatic nitrogens is 3. The number of nitrogens with zero attached hydrogens (tertiary/aromatic N) is 3. The lowest BCUT2D eigenvalue weighted by Gasteiger charge is -2.15. The topological polar surface area (TPSA) is 110 Å². The number of ether oxygens (including phenoxy) is 1. The van der Waals surface area contributed by atoms with Gasteiger partial charge in [-0.3, -0.25) is 0 Å². The van der Waals surface area contributed by atoms with Crippen molar-refractivity contribution in [2.24, 2.45) is 0 Å². The van der Waals surface area contributed by atoms with Crippen LogP contribution in [0.25, 0.3) is 0 Å². The second kappa shape index (κ2) is 6.71. The van der Waals surface area contributed by atoms with E-state index in [1.54, 1.807) is 24.3 Å². The lowest BCUT2D eigenvalue weighted by Crippen LogP contribution is -2.21. The number of nitrogens with one attached hydrogen (secondary N) is 1. The number of hydrogen-bond acceptors (Lipinski definition) is 6. The molecule has 112 valence electrons. The Morgan fingerprint density at radius 2 is 2.24 bits per heavy atom. The molecule has 0 spiro atoms. The molecule has 2 rings (SSSR count). The molecule has 1 heterocycles. The van der Waals surface area contributed by atoms with Crippen molar-refractivity contribution in [1.82, 2.24) is 15.0 Å². The molecule has 0 aliphatic heterocycles. The average molecular weight is 292 g/mol. The second-order valence-corrected chi connectivity index (χ2v) is 4.25. The summed E-state index contributed by atoms with van der Waals surface area (Å²) >= 11 is 0. The number of methoxy groups -OCH3 is 1. The number of hydrogen-bond donors (Lipinski definition) is 3. The Morgan fingerprint density at radius 3 is 2.90 bits per heavy atom. The van der Waals surface area contributed by atoms with Gasteiger partial charge in [0.1, 0.15) is 11.4 Å². The number of carbonyl (C=O) groups is 1. The van der Waals surface area contributed by atoms with Crippen LogP contribution in [0.5, 0.6) is 5.75 Å². The Morgan fingerprint density at radius 1 is 1.48 bits per heavy atom. The predicted molar refractivity (Wildman–Crippen MR) is 74.1 cm³/mol. The first-order valence-electron chi connectivity index (χ1n) is 6.29. The summed E-state index contributed by atoms with van der Waals surface area (Å²) in [5.74, 6) is -0.552. The Hall–Kier alpha value is -2.61. The third kappa shape index (κ3) is 3.48. The first kappa shape index (κ1) is 14.8. The minimum atomic E-state index is -1.09. The molecule has 0 saturated heterocycles. The van der Waals surface area contributed by atoms with E-state index in [-0.39, 0.29) is 18.8 Å². The highest BCUT2D eigenvalue weighted by molar-refractivity contribution is 5.79. The molecule has 1 atom stereocenters. The summed E-state index contributed by atoms with van der Waals surface area (Å²) in [5.41, 5.74) is 0.797. The minimum absolute atomic E-state index is 0.0968. The Labute approximate surface area is 121 Å². The maximum absolute atomic E-state index is 11.4. The van der Waals surface area contributed by atoms with E-state index >= 15 is 0 Å². The predicted octanol–water partition coefficient (Wildman–Crippen LogP) is 0.517. The molecular formula is C13H16N4O4. The number of aliphatic hydroxyl groups is 1. The van der Waals surface area contributed by atoms with Crippen LogP contribution in [0.3, 0.4) is 0 Å². The van der Waals surface area contributed by atoms with Crippen LogP contribution in [0.15, 0.2) is 30.5 Å². The summed E-state index contributed by atoms with van der Waals surface area (Å²) in [6, 6.07) is 5.94. The van der Waals surface area contributed by atoms with Crippen LogP contribution in [0.1, 0.15) is 11.7 Å². The van der Waals surface area contributed by atoms with E-state index in [0.29, 0.717) is 11.4 Å². The molecule has 1 aromatic carbocycles. The third-order valence-corrected chi connectivity index (χ3v) is 2.83. The van der Waals surface area contributed by atoms with Crippen molar-refractivity contribution in [2.75, 3.05) is 19.0 Å². The van der Waals surface area contributed by atoms with Crippen molar-refractivity contribution in [3.8, 4) is 5.75 Å². The van der Waals surface area contributed by atoms with E-state index < -0.39 is 12.0 Å². The summed E-state index contributed by atoms with van der Waals surface area (Å²) < 4.78 is 6.56. The normalized spacial score (nSPS) is 11.9. The van der Waals surface area contributed by atoms with Gasteiger partial charge in [-0.1, -0.05) is 17.3 Å². The molecule has 0 bridgehead atoms. The minimum Gasteiger partial charge on any atom is -0.495 e. The van der Waals surface area contributed by atoms with Gasteiger partial charge < -0.3 is 20.3 Å². The number of para-hydroxylation sites is 2. The number of benzene rings is 1. The number of aliphatic hydroxyl groups excluding tert-OH is 1. The quantitative estimate of drug-likeness (QED) is 0.682. The number of rotatable bonds is 7. The number of aliphatic carboxylic acids is 1. The van der Waals surface area contributed by atoms with Crippen LogP contribution in [-0.4, -0.2) is 44.9 Å². The summed E-state index contributed by atoms with van der Waals surface area (Å²) in [7, 11) is 1.51. The lowest BCUT2D eigenvalue weighted by atomic mass is 10.2. The zero-order chi connectivity index (χ0) is 15.2. The van der Waals surface area contributed by atoms with Gasteiger partial charge in [-0.25, -0.2) is 9.48 Å². The summed E-state index contributed by atoms with van der Waals surface area (Å²) in [6.07, 6.45) is 1.48.